The molecule has 0 aliphatic carbocycles. The highest BCUT2D eigenvalue weighted by molar-refractivity contribution is 6.10. The molecule has 3 rings (SSSR count). The Kier molecular flexibility index (Phi) is 5.93. The van der Waals surface area contributed by atoms with Crippen molar-refractivity contribution in [1.82, 2.24) is 4.98 Å². The molecule has 0 saturated carbocycles. The van der Waals surface area contributed by atoms with Crippen molar-refractivity contribution in [3.8, 4) is 11.1 Å². The van der Waals surface area contributed by atoms with Gasteiger partial charge in [0, 0.05) is 11.4 Å². The standard InChI is InChI=1S/C25H28N2O/c1-6-19-9-8-10-20(7-2)24(19)27-25(28)23-18(5)26-17(4)15-22(23)21-13-11-16(3)12-14-21/h8-15H,6-7H2,1-5H3,(H,27,28). The predicted octanol–water partition coefficient (Wildman–Crippen LogP) is 6.05. The lowest BCUT2D eigenvalue weighted by molar-refractivity contribution is 0.102. The van der Waals surface area contributed by atoms with Gasteiger partial charge in [-0.3, -0.25) is 9.78 Å². The van der Waals surface area contributed by atoms with E-state index < -0.39 is 0 Å². The molecule has 0 bridgehead atoms. The minimum absolute atomic E-state index is 0.101. The summed E-state index contributed by atoms with van der Waals surface area (Å²) in [6.07, 6.45) is 1.75. The van der Waals surface area contributed by atoms with Gasteiger partial charge in [0.2, 0.25) is 0 Å². The number of nitrogens with one attached hydrogen (secondary N) is 1. The van der Waals surface area contributed by atoms with Gasteiger partial charge in [0.05, 0.1) is 11.3 Å². The Hall–Kier alpha value is -2.94. The van der Waals surface area contributed by atoms with Crippen LogP contribution in [-0.2, 0) is 12.8 Å². The van der Waals surface area contributed by atoms with Crippen molar-refractivity contribution < 1.29 is 4.79 Å². The first-order valence-corrected chi connectivity index (χ1v) is 9.92. The number of benzene rings is 2. The molecule has 0 aliphatic rings. The molecule has 1 amide bonds. The Morgan fingerprint density at radius 1 is 0.929 bits per heavy atom. The number of hydrogen-bond acceptors (Lipinski definition) is 2. The monoisotopic (exact) mass is 372 g/mol. The molecule has 1 aromatic heterocycles. The Bertz CT molecular complexity index is 982. The van der Waals surface area contributed by atoms with Gasteiger partial charge in [-0.15, -0.1) is 0 Å². The highest BCUT2D eigenvalue weighted by Gasteiger charge is 2.19. The topological polar surface area (TPSA) is 42.0 Å². The third-order valence-electron chi connectivity index (χ3n) is 5.16. The van der Waals surface area contributed by atoms with E-state index in [1.165, 1.54) is 5.56 Å². The van der Waals surface area contributed by atoms with Crippen molar-refractivity contribution in [3.05, 3.63) is 82.2 Å². The summed E-state index contributed by atoms with van der Waals surface area (Å²) in [4.78, 5) is 18.0. The second-order valence-corrected chi connectivity index (χ2v) is 7.25. The van der Waals surface area contributed by atoms with Crippen LogP contribution in [0.15, 0.2) is 48.5 Å². The highest BCUT2D eigenvalue weighted by atomic mass is 16.1. The first-order valence-electron chi connectivity index (χ1n) is 9.92. The number of rotatable bonds is 5. The zero-order valence-corrected chi connectivity index (χ0v) is 17.4. The van der Waals surface area contributed by atoms with Crippen molar-refractivity contribution in [2.45, 2.75) is 47.5 Å². The summed E-state index contributed by atoms with van der Waals surface area (Å²) in [6.45, 7) is 10.2. The number of carbonyl (C=O) groups excluding carboxylic acids is 1. The van der Waals surface area contributed by atoms with Gasteiger partial charge in [-0.2, -0.15) is 0 Å². The average molecular weight is 373 g/mol. The van der Waals surface area contributed by atoms with Crippen LogP contribution >= 0.6 is 0 Å². The zero-order valence-electron chi connectivity index (χ0n) is 17.4. The van der Waals surface area contributed by atoms with Crippen LogP contribution in [0.1, 0.15) is 52.3 Å². The molecule has 3 heteroatoms. The predicted molar refractivity (Wildman–Crippen MR) is 117 cm³/mol. The number of pyridine rings is 1. The van der Waals surface area contributed by atoms with E-state index in [1.54, 1.807) is 0 Å². The molecule has 28 heavy (non-hydrogen) atoms. The lowest BCUT2D eigenvalue weighted by Crippen LogP contribution is -2.18. The van der Waals surface area contributed by atoms with Crippen LogP contribution in [0.2, 0.25) is 0 Å². The molecule has 0 saturated heterocycles. The maximum atomic E-state index is 13.4. The van der Waals surface area contributed by atoms with Crippen LogP contribution in [0.5, 0.6) is 0 Å². The van der Waals surface area contributed by atoms with Crippen LogP contribution < -0.4 is 5.32 Å². The van der Waals surface area contributed by atoms with E-state index in [2.05, 4.69) is 73.5 Å². The van der Waals surface area contributed by atoms with Crippen LogP contribution in [0.25, 0.3) is 11.1 Å². The molecule has 0 radical (unpaired) electrons. The summed E-state index contributed by atoms with van der Waals surface area (Å²) >= 11 is 0. The maximum Gasteiger partial charge on any atom is 0.258 e. The van der Waals surface area contributed by atoms with Crippen LogP contribution in [0.4, 0.5) is 5.69 Å². The van der Waals surface area contributed by atoms with Crippen LogP contribution in [-0.4, -0.2) is 10.9 Å². The van der Waals surface area contributed by atoms with Gasteiger partial charge in [-0.05, 0) is 61.9 Å². The fraction of sp³-hybridized carbons (Fsp3) is 0.280. The maximum absolute atomic E-state index is 13.4. The first kappa shape index (κ1) is 19.8. The lowest BCUT2D eigenvalue weighted by atomic mass is 9.96. The van der Waals surface area contributed by atoms with Crippen molar-refractivity contribution in [1.29, 1.82) is 0 Å². The van der Waals surface area contributed by atoms with E-state index in [1.807, 2.05) is 19.9 Å². The van der Waals surface area contributed by atoms with Gasteiger partial charge in [-0.25, -0.2) is 0 Å². The fourth-order valence-electron chi connectivity index (χ4n) is 3.66. The van der Waals surface area contributed by atoms with Crippen molar-refractivity contribution in [2.24, 2.45) is 0 Å². The summed E-state index contributed by atoms with van der Waals surface area (Å²) in [5, 5.41) is 3.20. The number of aromatic nitrogens is 1. The lowest BCUT2D eigenvalue weighted by Gasteiger charge is -2.17. The summed E-state index contributed by atoms with van der Waals surface area (Å²) < 4.78 is 0. The smallest absolute Gasteiger partial charge is 0.258 e. The molecular formula is C25H28N2O. The van der Waals surface area contributed by atoms with E-state index in [9.17, 15) is 4.79 Å². The number of anilines is 1. The van der Waals surface area contributed by atoms with Gasteiger partial charge in [-0.1, -0.05) is 61.9 Å². The minimum atomic E-state index is -0.101. The summed E-state index contributed by atoms with van der Waals surface area (Å²) in [6, 6.07) is 16.5. The number of aryl methyl sites for hydroxylation is 5. The average Bonchev–Trinajstić information content (AvgIpc) is 2.68. The second kappa shape index (κ2) is 8.39. The van der Waals surface area contributed by atoms with Gasteiger partial charge in [0.1, 0.15) is 0 Å². The first-order chi connectivity index (χ1) is 13.4. The van der Waals surface area contributed by atoms with Crippen molar-refractivity contribution in [3.63, 3.8) is 0 Å². The molecule has 0 aliphatic heterocycles. The highest BCUT2D eigenvalue weighted by Crippen LogP contribution is 2.29. The molecule has 0 spiro atoms. The third-order valence-corrected chi connectivity index (χ3v) is 5.16. The minimum Gasteiger partial charge on any atom is -0.321 e. The number of nitrogens with zero attached hydrogens (tertiary/aromatic N) is 1. The van der Waals surface area contributed by atoms with E-state index in [0.717, 1.165) is 52.2 Å². The molecule has 1 heterocycles. The Labute approximate surface area is 167 Å². The van der Waals surface area contributed by atoms with Gasteiger partial charge in [0.25, 0.3) is 5.91 Å². The van der Waals surface area contributed by atoms with Crippen molar-refractivity contribution in [2.75, 3.05) is 5.32 Å². The van der Waals surface area contributed by atoms with Crippen LogP contribution in [0, 0.1) is 20.8 Å². The Balaban J connectivity index is 2.09. The molecule has 2 aromatic carbocycles. The SMILES string of the molecule is CCc1cccc(CC)c1NC(=O)c1c(-c2ccc(C)cc2)cc(C)nc1C. The van der Waals surface area contributed by atoms with Gasteiger partial charge < -0.3 is 5.32 Å². The normalized spacial score (nSPS) is 10.8. The third kappa shape index (κ3) is 3.99. The summed E-state index contributed by atoms with van der Waals surface area (Å²) in [7, 11) is 0. The molecule has 3 aromatic rings. The van der Waals surface area contributed by atoms with E-state index in [4.69, 9.17) is 0 Å². The van der Waals surface area contributed by atoms with E-state index in [-0.39, 0.29) is 5.91 Å². The number of hydrogen-bond donors (Lipinski definition) is 1. The van der Waals surface area contributed by atoms with Crippen LogP contribution in [0.3, 0.4) is 0 Å². The molecular weight excluding hydrogens is 344 g/mol. The molecule has 0 fully saturated rings. The fourth-order valence-corrected chi connectivity index (χ4v) is 3.66. The summed E-state index contributed by atoms with van der Waals surface area (Å²) in [5.41, 5.74) is 8.70. The van der Waals surface area contributed by atoms with E-state index in [0.29, 0.717) is 5.56 Å². The number of para-hydroxylation sites is 1. The molecule has 0 unspecified atom stereocenters. The quantitative estimate of drug-likeness (QED) is 0.592. The Morgan fingerprint density at radius 3 is 2.11 bits per heavy atom. The molecule has 0 atom stereocenters. The number of amides is 1. The zero-order chi connectivity index (χ0) is 20.3. The summed E-state index contributed by atoms with van der Waals surface area (Å²) in [5.74, 6) is -0.101. The molecule has 144 valence electrons. The van der Waals surface area contributed by atoms with Gasteiger partial charge in [0.15, 0.2) is 0 Å². The molecule has 3 nitrogen and oxygen atoms in total. The largest absolute Gasteiger partial charge is 0.321 e. The Morgan fingerprint density at radius 2 is 1.54 bits per heavy atom. The second-order valence-electron chi connectivity index (χ2n) is 7.25. The van der Waals surface area contributed by atoms with Gasteiger partial charge >= 0.3 is 0 Å². The molecule has 1 N–H and O–H groups in total. The number of carbonyl (C=O) groups is 1. The van der Waals surface area contributed by atoms with Crippen molar-refractivity contribution >= 4 is 11.6 Å². The van der Waals surface area contributed by atoms with E-state index >= 15 is 0 Å².